The van der Waals surface area contributed by atoms with Crippen LogP contribution < -0.4 is 5.63 Å². The van der Waals surface area contributed by atoms with Gasteiger partial charge in [-0.15, -0.1) is 0 Å². The third-order valence-electron chi connectivity index (χ3n) is 3.43. The van der Waals surface area contributed by atoms with E-state index in [0.29, 0.717) is 26.9 Å². The normalized spacial score (nSPS) is 10.8. The molecule has 0 aliphatic heterocycles. The molecule has 1 heterocycles. The lowest BCUT2D eigenvalue weighted by Crippen LogP contribution is -2.09. The minimum absolute atomic E-state index is 0.296. The Labute approximate surface area is 130 Å². The lowest BCUT2D eigenvalue weighted by molar-refractivity contribution is 0.0659. The van der Waals surface area contributed by atoms with Crippen molar-refractivity contribution in [2.24, 2.45) is 0 Å². The van der Waals surface area contributed by atoms with Gasteiger partial charge in [0.2, 0.25) is 5.76 Å². The number of aromatic carboxylic acids is 1. The number of hydrogen-bond donors (Lipinski definition) is 1. The first-order valence-electron chi connectivity index (χ1n) is 6.54. The average molecular weight is 315 g/mol. The SMILES string of the molecule is Cc1ccc(-c2c(C(=O)O)oc(=O)c3ccc(Cl)cc23)cc1. The summed E-state index contributed by atoms with van der Waals surface area (Å²) in [5.74, 6) is -1.68. The van der Waals surface area contributed by atoms with Gasteiger partial charge >= 0.3 is 11.6 Å². The zero-order valence-electron chi connectivity index (χ0n) is 11.6. The Morgan fingerprint density at radius 3 is 2.41 bits per heavy atom. The molecule has 0 saturated carbocycles. The van der Waals surface area contributed by atoms with Crippen molar-refractivity contribution in [3.8, 4) is 11.1 Å². The molecule has 0 bridgehead atoms. The number of aryl methyl sites for hydroxylation is 1. The Balaban J connectivity index is 2.48. The smallest absolute Gasteiger partial charge is 0.372 e. The number of hydrogen-bond acceptors (Lipinski definition) is 3. The van der Waals surface area contributed by atoms with E-state index in [2.05, 4.69) is 0 Å². The van der Waals surface area contributed by atoms with Gasteiger partial charge in [0.25, 0.3) is 0 Å². The van der Waals surface area contributed by atoms with Crippen molar-refractivity contribution >= 4 is 28.3 Å². The summed E-state index contributed by atoms with van der Waals surface area (Å²) in [6.45, 7) is 1.93. The third kappa shape index (κ3) is 2.38. The average Bonchev–Trinajstić information content (AvgIpc) is 2.48. The highest BCUT2D eigenvalue weighted by Gasteiger charge is 2.20. The summed E-state index contributed by atoms with van der Waals surface area (Å²) in [4.78, 5) is 23.5. The van der Waals surface area contributed by atoms with Gasteiger partial charge in [0.15, 0.2) is 0 Å². The maximum Gasteiger partial charge on any atom is 0.372 e. The second-order valence-electron chi connectivity index (χ2n) is 4.95. The number of fused-ring (bicyclic) bond motifs is 1. The molecule has 0 spiro atoms. The molecular weight excluding hydrogens is 304 g/mol. The van der Waals surface area contributed by atoms with Crippen molar-refractivity contribution in [2.75, 3.05) is 0 Å². The molecule has 0 saturated heterocycles. The van der Waals surface area contributed by atoms with E-state index in [-0.39, 0.29) is 5.76 Å². The van der Waals surface area contributed by atoms with Gasteiger partial charge in [0.1, 0.15) is 0 Å². The monoisotopic (exact) mass is 314 g/mol. The molecule has 1 aromatic heterocycles. The number of benzene rings is 2. The van der Waals surface area contributed by atoms with Gasteiger partial charge in [0, 0.05) is 16.0 Å². The standard InChI is InChI=1S/C17H11ClO4/c1-9-2-4-10(5-3-9)14-13-8-11(18)6-7-12(13)17(21)22-15(14)16(19)20/h2-8H,1H3,(H,19,20). The highest BCUT2D eigenvalue weighted by atomic mass is 35.5. The van der Waals surface area contributed by atoms with Crippen molar-refractivity contribution in [3.05, 3.63) is 69.2 Å². The second kappa shape index (κ2) is 5.31. The van der Waals surface area contributed by atoms with Crippen LogP contribution in [0.2, 0.25) is 5.02 Å². The lowest BCUT2D eigenvalue weighted by Gasteiger charge is -2.10. The molecule has 4 nitrogen and oxygen atoms in total. The van der Waals surface area contributed by atoms with Gasteiger partial charge in [-0.2, -0.15) is 0 Å². The van der Waals surface area contributed by atoms with Crippen LogP contribution >= 0.6 is 11.6 Å². The fourth-order valence-corrected chi connectivity index (χ4v) is 2.55. The summed E-state index contributed by atoms with van der Waals surface area (Å²) in [5, 5.41) is 10.5. The van der Waals surface area contributed by atoms with Crippen molar-refractivity contribution in [2.45, 2.75) is 6.92 Å². The molecular formula is C17H11ClO4. The molecule has 2 aromatic carbocycles. The first-order valence-corrected chi connectivity index (χ1v) is 6.92. The van der Waals surface area contributed by atoms with Crippen LogP contribution in [0.5, 0.6) is 0 Å². The van der Waals surface area contributed by atoms with Crippen molar-refractivity contribution in [3.63, 3.8) is 0 Å². The molecule has 0 atom stereocenters. The number of carboxylic acids is 1. The van der Waals surface area contributed by atoms with E-state index < -0.39 is 11.6 Å². The number of carbonyl (C=O) groups is 1. The van der Waals surface area contributed by atoms with Gasteiger partial charge in [0.05, 0.1) is 5.39 Å². The van der Waals surface area contributed by atoms with Crippen LogP contribution in [-0.4, -0.2) is 11.1 Å². The predicted octanol–water partition coefficient (Wildman–Crippen LogP) is 4.12. The van der Waals surface area contributed by atoms with Crippen molar-refractivity contribution in [1.82, 2.24) is 0 Å². The molecule has 0 aliphatic rings. The molecule has 0 amide bonds. The highest BCUT2D eigenvalue weighted by molar-refractivity contribution is 6.31. The van der Waals surface area contributed by atoms with Crippen LogP contribution in [0.1, 0.15) is 16.1 Å². The van der Waals surface area contributed by atoms with E-state index in [0.717, 1.165) is 5.56 Å². The molecule has 22 heavy (non-hydrogen) atoms. The third-order valence-corrected chi connectivity index (χ3v) is 3.66. The van der Waals surface area contributed by atoms with E-state index in [1.54, 1.807) is 24.3 Å². The Morgan fingerprint density at radius 1 is 1.09 bits per heavy atom. The van der Waals surface area contributed by atoms with Gasteiger partial charge in [-0.05, 0) is 30.7 Å². The molecule has 0 radical (unpaired) electrons. The Morgan fingerprint density at radius 2 is 1.77 bits per heavy atom. The van der Waals surface area contributed by atoms with Gasteiger partial charge in [-0.25, -0.2) is 9.59 Å². The Hall–Kier alpha value is -2.59. The summed E-state index contributed by atoms with van der Waals surface area (Å²) in [7, 11) is 0. The summed E-state index contributed by atoms with van der Waals surface area (Å²) >= 11 is 6.01. The number of halogens is 1. The van der Waals surface area contributed by atoms with Gasteiger partial charge in [-0.1, -0.05) is 41.4 Å². The Bertz CT molecular complexity index is 939. The summed E-state index contributed by atoms with van der Waals surface area (Å²) < 4.78 is 5.01. The second-order valence-corrected chi connectivity index (χ2v) is 5.39. The zero-order valence-corrected chi connectivity index (χ0v) is 12.3. The fourth-order valence-electron chi connectivity index (χ4n) is 2.38. The lowest BCUT2D eigenvalue weighted by atomic mass is 9.97. The Kier molecular flexibility index (Phi) is 3.47. The molecule has 0 aliphatic carbocycles. The van der Waals surface area contributed by atoms with Crippen LogP contribution in [0.25, 0.3) is 21.9 Å². The van der Waals surface area contributed by atoms with E-state index in [1.165, 1.54) is 6.07 Å². The van der Waals surface area contributed by atoms with Crippen LogP contribution in [0.3, 0.4) is 0 Å². The topological polar surface area (TPSA) is 67.5 Å². The van der Waals surface area contributed by atoms with Crippen LogP contribution in [0.15, 0.2) is 51.7 Å². The molecule has 5 heteroatoms. The maximum absolute atomic E-state index is 12.0. The molecule has 3 rings (SSSR count). The number of carboxylic acid groups (broad SMARTS) is 1. The largest absolute Gasteiger partial charge is 0.475 e. The van der Waals surface area contributed by atoms with Crippen molar-refractivity contribution in [1.29, 1.82) is 0 Å². The van der Waals surface area contributed by atoms with E-state index in [4.69, 9.17) is 16.0 Å². The van der Waals surface area contributed by atoms with E-state index in [9.17, 15) is 14.7 Å². The van der Waals surface area contributed by atoms with Crippen LogP contribution in [-0.2, 0) is 0 Å². The number of rotatable bonds is 2. The molecule has 0 unspecified atom stereocenters. The van der Waals surface area contributed by atoms with Gasteiger partial charge < -0.3 is 9.52 Å². The highest BCUT2D eigenvalue weighted by Crippen LogP contribution is 2.32. The van der Waals surface area contributed by atoms with E-state index >= 15 is 0 Å². The fraction of sp³-hybridized carbons (Fsp3) is 0.0588. The zero-order chi connectivity index (χ0) is 15.9. The van der Waals surface area contributed by atoms with Crippen molar-refractivity contribution < 1.29 is 14.3 Å². The van der Waals surface area contributed by atoms with Gasteiger partial charge in [-0.3, -0.25) is 0 Å². The molecule has 0 fully saturated rings. The first-order chi connectivity index (χ1) is 10.5. The summed E-state index contributed by atoms with van der Waals surface area (Å²) in [6.07, 6.45) is 0. The van der Waals surface area contributed by atoms with Crippen LogP contribution in [0, 0.1) is 6.92 Å². The predicted molar refractivity (Wildman–Crippen MR) is 84.6 cm³/mol. The first kappa shape index (κ1) is 14.4. The maximum atomic E-state index is 12.0. The molecule has 110 valence electrons. The summed E-state index contributed by atoms with van der Waals surface area (Å²) in [6, 6.07) is 12.0. The molecule has 3 aromatic rings. The molecule has 1 N–H and O–H groups in total. The minimum atomic E-state index is -1.30. The minimum Gasteiger partial charge on any atom is -0.475 e. The summed E-state index contributed by atoms with van der Waals surface area (Å²) in [5.41, 5.74) is 1.35. The van der Waals surface area contributed by atoms with E-state index in [1.807, 2.05) is 19.1 Å². The quantitative estimate of drug-likeness (QED) is 0.772. The van der Waals surface area contributed by atoms with Crippen LogP contribution in [0.4, 0.5) is 0 Å².